The quantitative estimate of drug-likeness (QED) is 0.236. The van der Waals surface area contributed by atoms with Crippen LogP contribution in [0.1, 0.15) is 30.4 Å². The molecule has 0 unspecified atom stereocenters. The molecule has 188 valence electrons. The highest BCUT2D eigenvalue weighted by atomic mass is 35.5. The Labute approximate surface area is 217 Å². The third kappa shape index (κ3) is 6.55. The van der Waals surface area contributed by atoms with E-state index < -0.39 is 10.0 Å². The third-order valence-electron chi connectivity index (χ3n) is 5.97. The lowest BCUT2D eigenvalue weighted by Crippen LogP contribution is -2.35. The van der Waals surface area contributed by atoms with Crippen LogP contribution in [0.5, 0.6) is 5.75 Å². The monoisotopic (exact) mass is 524 g/mol. The van der Waals surface area contributed by atoms with Crippen molar-refractivity contribution in [2.45, 2.75) is 24.2 Å². The van der Waals surface area contributed by atoms with E-state index in [9.17, 15) is 13.2 Å². The largest absolute Gasteiger partial charge is 0.492 e. The molecular weight excluding hydrogens is 496 g/mol. The molecule has 0 aromatic heterocycles. The Kier molecular flexibility index (Phi) is 8.80. The zero-order valence-electron chi connectivity index (χ0n) is 19.9. The molecule has 36 heavy (non-hydrogen) atoms. The van der Waals surface area contributed by atoms with Crippen molar-refractivity contribution < 1.29 is 17.9 Å². The number of hydrogen-bond acceptors (Lipinski definition) is 4. The molecule has 4 rings (SSSR count). The predicted molar refractivity (Wildman–Crippen MR) is 143 cm³/mol. The second-order valence-electron chi connectivity index (χ2n) is 8.49. The van der Waals surface area contributed by atoms with Gasteiger partial charge in [0.05, 0.1) is 11.4 Å². The summed E-state index contributed by atoms with van der Waals surface area (Å²) < 4.78 is 32.9. The van der Waals surface area contributed by atoms with E-state index in [1.165, 1.54) is 0 Å². The van der Waals surface area contributed by atoms with Gasteiger partial charge in [-0.3, -0.25) is 4.79 Å². The SMILES string of the molecule is O=C(NCCOc1ccc(S(=O)(=O)N2CCCCC2)cc1)/C(=C/c1ccccc1Cl)c1ccccc1. The molecule has 0 spiro atoms. The van der Waals surface area contributed by atoms with Gasteiger partial charge in [0.15, 0.2) is 0 Å². The summed E-state index contributed by atoms with van der Waals surface area (Å²) in [6, 6.07) is 23.2. The van der Waals surface area contributed by atoms with E-state index in [0.717, 1.165) is 30.4 Å². The lowest BCUT2D eigenvalue weighted by atomic mass is 10.0. The van der Waals surface area contributed by atoms with Gasteiger partial charge in [-0.2, -0.15) is 4.31 Å². The number of piperidine rings is 1. The van der Waals surface area contributed by atoms with Crippen molar-refractivity contribution in [2.75, 3.05) is 26.2 Å². The van der Waals surface area contributed by atoms with Crippen LogP contribution in [0.2, 0.25) is 5.02 Å². The van der Waals surface area contributed by atoms with E-state index >= 15 is 0 Å². The molecule has 0 saturated carbocycles. The zero-order valence-corrected chi connectivity index (χ0v) is 21.5. The number of amides is 1. The van der Waals surface area contributed by atoms with E-state index in [4.69, 9.17) is 16.3 Å². The summed E-state index contributed by atoms with van der Waals surface area (Å²) in [5.41, 5.74) is 2.03. The lowest BCUT2D eigenvalue weighted by Gasteiger charge is -2.25. The van der Waals surface area contributed by atoms with Crippen LogP contribution >= 0.6 is 11.6 Å². The van der Waals surface area contributed by atoms with Crippen LogP contribution in [0.15, 0.2) is 83.8 Å². The van der Waals surface area contributed by atoms with E-state index in [0.29, 0.717) is 29.4 Å². The highest BCUT2D eigenvalue weighted by Gasteiger charge is 2.25. The van der Waals surface area contributed by atoms with Gasteiger partial charge >= 0.3 is 0 Å². The average Bonchev–Trinajstić information content (AvgIpc) is 2.92. The Morgan fingerprint density at radius 3 is 2.28 bits per heavy atom. The standard InChI is InChI=1S/C28H29ClN2O4S/c29-27-12-6-5-11-23(27)21-26(22-9-3-1-4-10-22)28(32)30-17-20-35-24-13-15-25(16-14-24)36(33,34)31-18-7-2-8-19-31/h1,3-6,9-16,21H,2,7-8,17-20H2,(H,30,32)/b26-21+. The molecular formula is C28H29ClN2O4S. The number of rotatable bonds is 9. The number of ether oxygens (including phenoxy) is 1. The van der Waals surface area contributed by atoms with Gasteiger partial charge in [0.1, 0.15) is 12.4 Å². The maximum atomic E-state index is 13.0. The minimum absolute atomic E-state index is 0.234. The second-order valence-corrected chi connectivity index (χ2v) is 10.8. The van der Waals surface area contributed by atoms with Crippen molar-refractivity contribution >= 4 is 39.2 Å². The van der Waals surface area contributed by atoms with Crippen molar-refractivity contribution in [2.24, 2.45) is 0 Å². The van der Waals surface area contributed by atoms with E-state index in [1.54, 1.807) is 40.7 Å². The number of benzene rings is 3. The average molecular weight is 525 g/mol. The maximum absolute atomic E-state index is 13.0. The third-order valence-corrected chi connectivity index (χ3v) is 8.22. The normalized spacial score (nSPS) is 14.9. The van der Waals surface area contributed by atoms with E-state index in [2.05, 4.69) is 5.32 Å². The zero-order chi connectivity index (χ0) is 25.4. The minimum atomic E-state index is -3.47. The van der Waals surface area contributed by atoms with Gasteiger partial charge in [-0.05, 0) is 60.4 Å². The number of carbonyl (C=O) groups excluding carboxylic acids is 1. The number of carbonyl (C=O) groups is 1. The molecule has 1 saturated heterocycles. The van der Waals surface area contributed by atoms with Crippen LogP contribution in [-0.2, 0) is 14.8 Å². The van der Waals surface area contributed by atoms with Crippen LogP contribution in [0.4, 0.5) is 0 Å². The van der Waals surface area contributed by atoms with Crippen molar-refractivity contribution in [1.82, 2.24) is 9.62 Å². The fourth-order valence-corrected chi connectivity index (χ4v) is 5.74. The molecule has 6 nitrogen and oxygen atoms in total. The molecule has 8 heteroatoms. The Morgan fingerprint density at radius 2 is 1.58 bits per heavy atom. The molecule has 1 aliphatic rings. The summed E-state index contributed by atoms with van der Waals surface area (Å²) >= 11 is 6.30. The fourth-order valence-electron chi connectivity index (χ4n) is 4.04. The van der Waals surface area contributed by atoms with Gasteiger partial charge < -0.3 is 10.1 Å². The van der Waals surface area contributed by atoms with Crippen LogP contribution in [-0.4, -0.2) is 44.9 Å². The van der Waals surface area contributed by atoms with Crippen LogP contribution in [0, 0.1) is 0 Å². The van der Waals surface area contributed by atoms with Crippen LogP contribution in [0.3, 0.4) is 0 Å². The van der Waals surface area contributed by atoms with Gasteiger partial charge in [-0.25, -0.2) is 8.42 Å². The molecule has 1 heterocycles. The summed E-state index contributed by atoms with van der Waals surface area (Å²) in [4.78, 5) is 13.3. The van der Waals surface area contributed by atoms with Crippen molar-refractivity contribution in [1.29, 1.82) is 0 Å². The van der Waals surface area contributed by atoms with Crippen molar-refractivity contribution in [3.8, 4) is 5.75 Å². The number of nitrogens with one attached hydrogen (secondary N) is 1. The lowest BCUT2D eigenvalue weighted by molar-refractivity contribution is -0.115. The second kappa shape index (κ2) is 12.2. The Hall–Kier alpha value is -3.13. The van der Waals surface area contributed by atoms with Crippen molar-refractivity contribution in [3.05, 3.63) is 95.0 Å². The summed E-state index contributed by atoms with van der Waals surface area (Å²) in [6.07, 6.45) is 4.63. The van der Waals surface area contributed by atoms with Crippen molar-refractivity contribution in [3.63, 3.8) is 0 Å². The number of sulfonamides is 1. The smallest absolute Gasteiger partial charge is 0.252 e. The number of halogens is 1. The molecule has 1 fully saturated rings. The summed E-state index contributed by atoms with van der Waals surface area (Å²) in [5, 5.41) is 3.45. The highest BCUT2D eigenvalue weighted by Crippen LogP contribution is 2.24. The van der Waals surface area contributed by atoms with Crippen LogP contribution < -0.4 is 10.1 Å². The van der Waals surface area contributed by atoms with Gasteiger partial charge in [-0.1, -0.05) is 66.6 Å². The van der Waals surface area contributed by atoms with Crippen LogP contribution in [0.25, 0.3) is 11.6 Å². The molecule has 1 amide bonds. The molecule has 1 N–H and O–H groups in total. The van der Waals surface area contributed by atoms with E-state index in [-0.39, 0.29) is 24.0 Å². The summed E-state index contributed by atoms with van der Waals surface area (Å²) in [6.45, 7) is 1.64. The molecule has 0 radical (unpaired) electrons. The summed E-state index contributed by atoms with van der Waals surface area (Å²) in [5.74, 6) is 0.296. The van der Waals surface area contributed by atoms with Gasteiger partial charge in [0.25, 0.3) is 5.91 Å². The molecule has 0 atom stereocenters. The van der Waals surface area contributed by atoms with Gasteiger partial charge in [-0.15, -0.1) is 0 Å². The Morgan fingerprint density at radius 1 is 0.917 bits per heavy atom. The van der Waals surface area contributed by atoms with E-state index in [1.807, 2.05) is 48.5 Å². The minimum Gasteiger partial charge on any atom is -0.492 e. The van der Waals surface area contributed by atoms with Gasteiger partial charge in [0.2, 0.25) is 10.0 Å². The Bertz CT molecular complexity index is 1300. The highest BCUT2D eigenvalue weighted by molar-refractivity contribution is 7.89. The first-order chi connectivity index (χ1) is 17.4. The first kappa shape index (κ1) is 25.9. The topological polar surface area (TPSA) is 75.7 Å². The number of hydrogen-bond donors (Lipinski definition) is 1. The molecule has 3 aromatic rings. The Balaban J connectivity index is 1.35. The summed E-state index contributed by atoms with van der Waals surface area (Å²) in [7, 11) is -3.47. The van der Waals surface area contributed by atoms with Gasteiger partial charge in [0, 0.05) is 23.7 Å². The maximum Gasteiger partial charge on any atom is 0.252 e. The molecule has 0 bridgehead atoms. The number of nitrogens with zero attached hydrogens (tertiary/aromatic N) is 1. The predicted octanol–water partition coefficient (Wildman–Crippen LogP) is 5.25. The first-order valence-corrected chi connectivity index (χ1v) is 13.8. The fraction of sp³-hybridized carbons (Fsp3) is 0.250. The molecule has 0 aliphatic carbocycles. The molecule has 1 aliphatic heterocycles. The molecule has 3 aromatic carbocycles. The first-order valence-electron chi connectivity index (χ1n) is 12.0.